The summed E-state index contributed by atoms with van der Waals surface area (Å²) in [5.41, 5.74) is 0. The van der Waals surface area contributed by atoms with Gasteiger partial charge >= 0.3 is 0 Å². The smallest absolute Gasteiger partial charge is 0.00532 e. The van der Waals surface area contributed by atoms with Gasteiger partial charge < -0.3 is 0 Å². The van der Waals surface area contributed by atoms with Crippen molar-refractivity contribution in [3.8, 4) is 0 Å². The molecule has 0 heterocycles. The van der Waals surface area contributed by atoms with Crippen molar-refractivity contribution in [2.24, 2.45) is 0 Å². The summed E-state index contributed by atoms with van der Waals surface area (Å²) in [5, 5.41) is 0. The van der Waals surface area contributed by atoms with Gasteiger partial charge in [0.1, 0.15) is 0 Å². The highest BCUT2D eigenvalue weighted by molar-refractivity contribution is 8.17. The van der Waals surface area contributed by atoms with Crippen molar-refractivity contribution in [3.63, 3.8) is 0 Å². The van der Waals surface area contributed by atoms with E-state index in [0.717, 1.165) is 12.8 Å². The summed E-state index contributed by atoms with van der Waals surface area (Å²) in [6.45, 7) is 0. The van der Waals surface area contributed by atoms with Crippen LogP contribution in [-0.4, -0.2) is 5.87 Å². The first kappa shape index (κ1) is 9.47. The average Bonchev–Trinajstić information content (AvgIpc) is 2.30. The molecule has 1 atom stereocenters. The average molecular weight is 202 g/mol. The minimum absolute atomic E-state index is 0.0400. The third-order valence-corrected chi connectivity index (χ3v) is 4.13. The van der Waals surface area contributed by atoms with Crippen LogP contribution in [0.2, 0.25) is 0 Å². The Kier molecular flexibility index (Phi) is 3.00. The molecule has 0 nitrogen and oxygen atoms in total. The van der Waals surface area contributed by atoms with Crippen LogP contribution in [0, 0.1) is 0 Å². The Labute approximate surface area is 87.9 Å². The first-order valence-corrected chi connectivity index (χ1v) is 6.22. The molecule has 0 amide bonds. The number of hydrogen-bond acceptors (Lipinski definition) is 0. The van der Waals surface area contributed by atoms with Crippen molar-refractivity contribution in [2.45, 2.75) is 17.7 Å². The molecular formula is C13H14S. The molecule has 0 spiro atoms. The quantitative estimate of drug-likeness (QED) is 0.636. The summed E-state index contributed by atoms with van der Waals surface area (Å²) >= 11 is 0. The Bertz CT molecular complexity index is 385. The van der Waals surface area contributed by atoms with Gasteiger partial charge in [0.25, 0.3) is 0 Å². The molecule has 72 valence electrons. The molecular weight excluding hydrogens is 188 g/mol. The summed E-state index contributed by atoms with van der Waals surface area (Å²) in [4.78, 5) is 2.81. The van der Waals surface area contributed by atoms with Gasteiger partial charge in [-0.25, -0.2) is 0 Å². The minimum Gasteiger partial charge on any atom is -0.135 e. The lowest BCUT2D eigenvalue weighted by atomic mass is 10.2. The van der Waals surface area contributed by atoms with E-state index >= 15 is 0 Å². The van der Waals surface area contributed by atoms with Gasteiger partial charge in [0.15, 0.2) is 0 Å². The van der Waals surface area contributed by atoms with E-state index in [1.807, 2.05) is 0 Å². The van der Waals surface area contributed by atoms with E-state index in [4.69, 9.17) is 0 Å². The topological polar surface area (TPSA) is 0 Å². The predicted molar refractivity (Wildman–Crippen MR) is 65.9 cm³/mol. The Morgan fingerprint density at radius 3 is 2.57 bits per heavy atom. The second-order valence-electron chi connectivity index (χ2n) is 3.30. The molecule has 0 radical (unpaired) electrons. The van der Waals surface area contributed by atoms with Crippen LogP contribution in [0.15, 0.2) is 58.4 Å². The second kappa shape index (κ2) is 4.43. The third-order valence-electron chi connectivity index (χ3n) is 2.32. The van der Waals surface area contributed by atoms with Gasteiger partial charge in [-0.1, -0.05) is 42.3 Å². The summed E-state index contributed by atoms with van der Waals surface area (Å²) in [5.74, 6) is 4.26. The molecule has 0 N–H and O–H groups in total. The van der Waals surface area contributed by atoms with Crippen LogP contribution in [0.3, 0.4) is 0 Å². The molecule has 0 fully saturated rings. The fraction of sp³-hybridized carbons (Fsp3) is 0.154. The van der Waals surface area contributed by atoms with Crippen molar-refractivity contribution in [3.05, 3.63) is 53.5 Å². The zero-order chi connectivity index (χ0) is 9.80. The van der Waals surface area contributed by atoms with Gasteiger partial charge in [-0.3, -0.25) is 0 Å². The van der Waals surface area contributed by atoms with E-state index in [-0.39, 0.29) is 10.5 Å². The normalized spacial score (nSPS) is 17.6. The molecule has 0 saturated carbocycles. The van der Waals surface area contributed by atoms with E-state index in [1.165, 1.54) is 9.80 Å². The van der Waals surface area contributed by atoms with Crippen LogP contribution in [0.1, 0.15) is 12.8 Å². The molecule has 14 heavy (non-hydrogen) atoms. The Balaban J connectivity index is 2.24. The zero-order valence-electron chi connectivity index (χ0n) is 8.15. The van der Waals surface area contributed by atoms with Crippen LogP contribution in [0.4, 0.5) is 0 Å². The predicted octanol–water partition coefficient (Wildman–Crippen LogP) is 3.98. The summed E-state index contributed by atoms with van der Waals surface area (Å²) in [6.07, 6.45) is 8.90. The molecule has 0 bridgehead atoms. The second-order valence-corrected chi connectivity index (χ2v) is 5.08. The van der Waals surface area contributed by atoms with Crippen LogP contribution in [-0.2, 0) is 0 Å². The molecule has 0 saturated heterocycles. The first-order chi connectivity index (χ1) is 6.88. The van der Waals surface area contributed by atoms with Gasteiger partial charge in [-0.05, 0) is 29.9 Å². The Morgan fingerprint density at radius 2 is 1.93 bits per heavy atom. The molecule has 1 aromatic rings. The van der Waals surface area contributed by atoms with Gasteiger partial charge in [0.2, 0.25) is 0 Å². The maximum absolute atomic E-state index is 4.26. The number of hydrogen-bond donors (Lipinski definition) is 0. The fourth-order valence-electron chi connectivity index (χ4n) is 1.52. The first-order valence-electron chi connectivity index (χ1n) is 4.82. The molecule has 1 aliphatic rings. The highest BCUT2D eigenvalue weighted by Crippen LogP contribution is 2.36. The van der Waals surface area contributed by atoms with Crippen molar-refractivity contribution < 1.29 is 0 Å². The molecule has 0 aromatic heterocycles. The number of rotatable bonds is 2. The molecule has 1 unspecified atom stereocenters. The Hall–Kier alpha value is -1.08. The molecule has 1 aromatic carbocycles. The lowest BCUT2D eigenvalue weighted by Crippen LogP contribution is -1.85. The Morgan fingerprint density at radius 1 is 1.14 bits per heavy atom. The van der Waals surface area contributed by atoms with Gasteiger partial charge in [0.05, 0.1) is 0 Å². The third kappa shape index (κ3) is 2.05. The summed E-state index contributed by atoms with van der Waals surface area (Å²) < 4.78 is 0. The highest BCUT2D eigenvalue weighted by Gasteiger charge is 2.04. The largest absolute Gasteiger partial charge is 0.135 e. The highest BCUT2D eigenvalue weighted by atomic mass is 32.2. The van der Waals surface area contributed by atoms with E-state index in [2.05, 4.69) is 54.4 Å². The van der Waals surface area contributed by atoms with Crippen LogP contribution in [0.5, 0.6) is 0 Å². The standard InChI is InChI=1S/C13H14S/c1-14(12-8-4-2-5-9-12)13-10-6-3-7-11-13/h2-6,8-10H,1,7,11H2. The van der Waals surface area contributed by atoms with E-state index in [9.17, 15) is 0 Å². The fourth-order valence-corrected chi connectivity index (χ4v) is 2.92. The SMILES string of the molecule is C=S(C1=CC=CCC1)c1ccccc1. The zero-order valence-corrected chi connectivity index (χ0v) is 8.96. The van der Waals surface area contributed by atoms with Gasteiger partial charge in [-0.2, -0.15) is 0 Å². The van der Waals surface area contributed by atoms with Crippen molar-refractivity contribution in [1.82, 2.24) is 0 Å². The van der Waals surface area contributed by atoms with Crippen molar-refractivity contribution >= 4 is 16.4 Å². The lowest BCUT2D eigenvalue weighted by molar-refractivity contribution is 1.02. The van der Waals surface area contributed by atoms with Crippen LogP contribution < -0.4 is 0 Å². The number of benzene rings is 1. The number of allylic oxidation sites excluding steroid dienone is 4. The summed E-state index contributed by atoms with van der Waals surface area (Å²) in [7, 11) is 0.0400. The minimum atomic E-state index is 0.0400. The molecule has 1 aliphatic carbocycles. The van der Waals surface area contributed by atoms with E-state index in [0.29, 0.717) is 0 Å². The maximum Gasteiger partial charge on any atom is 0.00532 e. The molecule has 2 rings (SSSR count). The van der Waals surface area contributed by atoms with Crippen molar-refractivity contribution in [2.75, 3.05) is 0 Å². The molecule has 1 heteroatoms. The summed E-state index contributed by atoms with van der Waals surface area (Å²) in [6, 6.07) is 10.5. The van der Waals surface area contributed by atoms with Crippen molar-refractivity contribution in [1.29, 1.82) is 0 Å². The van der Waals surface area contributed by atoms with Crippen LogP contribution in [0.25, 0.3) is 0 Å². The van der Waals surface area contributed by atoms with Gasteiger partial charge in [0, 0.05) is 4.90 Å². The molecule has 0 aliphatic heterocycles. The van der Waals surface area contributed by atoms with Gasteiger partial charge in [-0.15, -0.1) is 10.5 Å². The maximum atomic E-state index is 4.26. The van der Waals surface area contributed by atoms with Crippen LogP contribution >= 0.6 is 10.5 Å². The lowest BCUT2D eigenvalue weighted by Gasteiger charge is -2.13. The van der Waals surface area contributed by atoms with E-state index in [1.54, 1.807) is 0 Å². The monoisotopic (exact) mass is 202 g/mol. The van der Waals surface area contributed by atoms with E-state index < -0.39 is 0 Å².